The van der Waals surface area contributed by atoms with Crippen molar-refractivity contribution < 1.29 is 9.59 Å². The number of nitrogens with zero attached hydrogens (tertiary/aromatic N) is 1. The fourth-order valence-corrected chi connectivity index (χ4v) is 2.67. The van der Waals surface area contributed by atoms with Gasteiger partial charge in [0.15, 0.2) is 0 Å². The summed E-state index contributed by atoms with van der Waals surface area (Å²) in [6.07, 6.45) is 4.28. The van der Waals surface area contributed by atoms with Gasteiger partial charge < -0.3 is 4.90 Å². The average Bonchev–Trinajstić information content (AvgIpc) is 2.52. The topological polar surface area (TPSA) is 37.4 Å². The lowest BCUT2D eigenvalue weighted by Gasteiger charge is -2.34. The summed E-state index contributed by atoms with van der Waals surface area (Å²) in [5.74, 6) is 0.782. The molecule has 2 unspecified atom stereocenters. The van der Waals surface area contributed by atoms with E-state index >= 15 is 0 Å². The Balaban J connectivity index is 2.03. The van der Waals surface area contributed by atoms with Crippen LogP contribution in [-0.4, -0.2) is 29.2 Å². The van der Waals surface area contributed by atoms with Crippen LogP contribution in [0.5, 0.6) is 0 Å². The van der Waals surface area contributed by atoms with E-state index in [4.69, 9.17) is 0 Å². The SMILES string of the molecule is CC1CCCC1N1CCC(=O)CC1=O. The molecule has 3 heteroatoms. The molecule has 1 amide bonds. The van der Waals surface area contributed by atoms with Gasteiger partial charge in [0.1, 0.15) is 5.78 Å². The number of ketones is 1. The number of likely N-dealkylation sites (tertiary alicyclic amines) is 1. The molecule has 1 saturated heterocycles. The molecule has 2 rings (SSSR count). The Bertz CT molecular complexity index is 262. The first-order chi connectivity index (χ1) is 6.68. The molecule has 0 spiro atoms. The normalized spacial score (nSPS) is 33.9. The molecule has 2 aliphatic rings. The van der Waals surface area contributed by atoms with Crippen molar-refractivity contribution in [3.63, 3.8) is 0 Å². The summed E-state index contributed by atoms with van der Waals surface area (Å²) >= 11 is 0. The van der Waals surface area contributed by atoms with E-state index < -0.39 is 0 Å². The molecule has 0 aromatic rings. The van der Waals surface area contributed by atoms with Crippen LogP contribution < -0.4 is 0 Å². The number of carbonyl (C=O) groups is 2. The lowest BCUT2D eigenvalue weighted by atomic mass is 10.0. The van der Waals surface area contributed by atoms with Gasteiger partial charge in [-0.2, -0.15) is 0 Å². The highest BCUT2D eigenvalue weighted by atomic mass is 16.2. The lowest BCUT2D eigenvalue weighted by molar-refractivity contribution is -0.142. The summed E-state index contributed by atoms with van der Waals surface area (Å²) in [5.41, 5.74) is 0. The third-order valence-electron chi connectivity index (χ3n) is 3.52. The second kappa shape index (κ2) is 3.71. The standard InChI is InChI=1S/C11H17NO2/c1-8-3-2-4-10(8)12-6-5-9(13)7-11(12)14/h8,10H,2-7H2,1H3. The maximum absolute atomic E-state index is 11.6. The van der Waals surface area contributed by atoms with Crippen LogP contribution in [0.1, 0.15) is 39.0 Å². The molecule has 0 N–H and O–H groups in total. The van der Waals surface area contributed by atoms with E-state index in [0.29, 0.717) is 24.9 Å². The minimum absolute atomic E-state index is 0.0556. The van der Waals surface area contributed by atoms with Crippen LogP contribution in [0.3, 0.4) is 0 Å². The molecule has 0 aromatic heterocycles. The molecular weight excluding hydrogens is 178 g/mol. The van der Waals surface area contributed by atoms with E-state index in [1.54, 1.807) is 0 Å². The fraction of sp³-hybridized carbons (Fsp3) is 0.818. The van der Waals surface area contributed by atoms with Crippen molar-refractivity contribution >= 4 is 11.7 Å². The lowest BCUT2D eigenvalue weighted by Crippen LogP contribution is -2.46. The molecule has 2 atom stereocenters. The van der Waals surface area contributed by atoms with Gasteiger partial charge in [0.05, 0.1) is 6.42 Å². The smallest absolute Gasteiger partial charge is 0.230 e. The zero-order valence-corrected chi connectivity index (χ0v) is 8.66. The Morgan fingerprint density at radius 1 is 1.29 bits per heavy atom. The second-order valence-corrected chi connectivity index (χ2v) is 4.53. The number of hydrogen-bond acceptors (Lipinski definition) is 2. The molecule has 0 radical (unpaired) electrons. The maximum Gasteiger partial charge on any atom is 0.230 e. The van der Waals surface area contributed by atoms with E-state index in [1.807, 2.05) is 4.90 Å². The van der Waals surface area contributed by atoms with Crippen LogP contribution in [0, 0.1) is 5.92 Å². The number of Topliss-reactive ketones (excluding diaryl/α,β-unsaturated/α-hetero) is 1. The van der Waals surface area contributed by atoms with Gasteiger partial charge in [-0.3, -0.25) is 9.59 Å². The highest BCUT2D eigenvalue weighted by molar-refractivity contribution is 6.00. The van der Waals surface area contributed by atoms with E-state index in [-0.39, 0.29) is 18.1 Å². The molecule has 2 fully saturated rings. The van der Waals surface area contributed by atoms with Crippen LogP contribution in [-0.2, 0) is 9.59 Å². The Labute approximate surface area is 84.5 Å². The third-order valence-corrected chi connectivity index (χ3v) is 3.52. The van der Waals surface area contributed by atoms with Crippen molar-refractivity contribution in [2.24, 2.45) is 5.92 Å². The Morgan fingerprint density at radius 3 is 2.64 bits per heavy atom. The van der Waals surface area contributed by atoms with Crippen LogP contribution in [0.2, 0.25) is 0 Å². The number of rotatable bonds is 1. The molecule has 0 bridgehead atoms. The van der Waals surface area contributed by atoms with Gasteiger partial charge in [-0.25, -0.2) is 0 Å². The second-order valence-electron chi connectivity index (χ2n) is 4.53. The number of carbonyl (C=O) groups excluding carboxylic acids is 2. The van der Waals surface area contributed by atoms with Crippen molar-refractivity contribution in [2.45, 2.75) is 45.1 Å². The first-order valence-electron chi connectivity index (χ1n) is 5.49. The average molecular weight is 195 g/mol. The van der Waals surface area contributed by atoms with Gasteiger partial charge in [-0.05, 0) is 18.8 Å². The first kappa shape index (κ1) is 9.69. The number of hydrogen-bond donors (Lipinski definition) is 0. The fourth-order valence-electron chi connectivity index (χ4n) is 2.67. The third kappa shape index (κ3) is 1.68. The van der Waals surface area contributed by atoms with Crippen molar-refractivity contribution in [3.05, 3.63) is 0 Å². The van der Waals surface area contributed by atoms with Crippen LogP contribution >= 0.6 is 0 Å². The molecule has 0 aromatic carbocycles. The number of piperidine rings is 1. The highest BCUT2D eigenvalue weighted by Gasteiger charge is 2.34. The van der Waals surface area contributed by atoms with Crippen molar-refractivity contribution in [3.8, 4) is 0 Å². The zero-order valence-electron chi connectivity index (χ0n) is 8.66. The Kier molecular flexibility index (Phi) is 2.57. The van der Waals surface area contributed by atoms with Gasteiger partial charge in [0, 0.05) is 19.0 Å². The predicted molar refractivity (Wildman–Crippen MR) is 52.8 cm³/mol. The van der Waals surface area contributed by atoms with Crippen molar-refractivity contribution in [1.29, 1.82) is 0 Å². The van der Waals surface area contributed by atoms with Gasteiger partial charge in [-0.15, -0.1) is 0 Å². The predicted octanol–water partition coefficient (Wildman–Crippen LogP) is 1.37. The molecular formula is C11H17NO2. The van der Waals surface area contributed by atoms with Crippen LogP contribution in [0.25, 0.3) is 0 Å². The van der Waals surface area contributed by atoms with Crippen molar-refractivity contribution in [1.82, 2.24) is 4.90 Å². The van der Waals surface area contributed by atoms with E-state index in [2.05, 4.69) is 6.92 Å². The minimum atomic E-state index is 0.0556. The maximum atomic E-state index is 11.6. The molecule has 14 heavy (non-hydrogen) atoms. The first-order valence-corrected chi connectivity index (χ1v) is 5.49. The van der Waals surface area contributed by atoms with Gasteiger partial charge in [-0.1, -0.05) is 13.3 Å². The summed E-state index contributed by atoms with van der Waals surface area (Å²) in [6, 6.07) is 0.413. The molecule has 3 nitrogen and oxygen atoms in total. The summed E-state index contributed by atoms with van der Waals surface area (Å²) in [4.78, 5) is 24.7. The molecule has 1 aliphatic carbocycles. The van der Waals surface area contributed by atoms with Crippen LogP contribution in [0.4, 0.5) is 0 Å². The van der Waals surface area contributed by atoms with Crippen LogP contribution in [0.15, 0.2) is 0 Å². The monoisotopic (exact) mass is 195 g/mol. The quantitative estimate of drug-likeness (QED) is 0.592. The molecule has 1 aliphatic heterocycles. The van der Waals surface area contributed by atoms with Gasteiger partial charge in [0.2, 0.25) is 5.91 Å². The molecule has 78 valence electrons. The largest absolute Gasteiger partial charge is 0.339 e. The Hall–Kier alpha value is -0.860. The van der Waals surface area contributed by atoms with Crippen molar-refractivity contribution in [2.75, 3.05) is 6.54 Å². The van der Waals surface area contributed by atoms with Gasteiger partial charge >= 0.3 is 0 Å². The minimum Gasteiger partial charge on any atom is -0.339 e. The summed E-state index contributed by atoms with van der Waals surface area (Å²) in [6.45, 7) is 2.87. The summed E-state index contributed by atoms with van der Waals surface area (Å²) in [7, 11) is 0. The summed E-state index contributed by atoms with van der Waals surface area (Å²) in [5, 5.41) is 0. The Morgan fingerprint density at radius 2 is 2.07 bits per heavy atom. The summed E-state index contributed by atoms with van der Waals surface area (Å²) < 4.78 is 0. The van der Waals surface area contributed by atoms with E-state index in [9.17, 15) is 9.59 Å². The highest BCUT2D eigenvalue weighted by Crippen LogP contribution is 2.31. The van der Waals surface area contributed by atoms with E-state index in [1.165, 1.54) is 12.8 Å². The number of amides is 1. The van der Waals surface area contributed by atoms with E-state index in [0.717, 1.165) is 6.42 Å². The van der Waals surface area contributed by atoms with Gasteiger partial charge in [0.25, 0.3) is 0 Å². The molecule has 1 saturated carbocycles. The molecule has 1 heterocycles. The zero-order chi connectivity index (χ0) is 10.1.